The molecule has 3 saturated carbocycles. The van der Waals surface area contributed by atoms with Gasteiger partial charge < -0.3 is 4.90 Å². The van der Waals surface area contributed by atoms with Crippen LogP contribution >= 0.6 is 11.8 Å². The first-order valence-corrected chi connectivity index (χ1v) is 11.0. The van der Waals surface area contributed by atoms with E-state index in [9.17, 15) is 4.79 Å². The Balaban J connectivity index is 1.40. The van der Waals surface area contributed by atoms with Gasteiger partial charge >= 0.3 is 0 Å². The maximum atomic E-state index is 13.1. The third-order valence-corrected chi connectivity index (χ3v) is 7.10. The minimum absolute atomic E-state index is 0.296. The Hall–Kier alpha value is -1.11. The number of hydrogen-bond acceptors (Lipinski definition) is 5. The number of nitrogens with zero attached hydrogens (tertiary/aromatic N) is 5. The van der Waals surface area contributed by atoms with Crippen molar-refractivity contribution in [2.45, 2.75) is 100 Å². The van der Waals surface area contributed by atoms with E-state index in [-0.39, 0.29) is 0 Å². The molecule has 3 fully saturated rings. The Bertz CT molecular complexity index is 558. The molecule has 0 bridgehead atoms. The summed E-state index contributed by atoms with van der Waals surface area (Å²) < 4.78 is 1.96. The number of rotatable bonds is 6. The van der Waals surface area contributed by atoms with Gasteiger partial charge in [-0.15, -0.1) is 5.10 Å². The van der Waals surface area contributed by atoms with E-state index in [0.717, 1.165) is 18.0 Å². The van der Waals surface area contributed by atoms with Crippen LogP contribution in [0.4, 0.5) is 0 Å². The summed E-state index contributed by atoms with van der Waals surface area (Å²) >= 11 is 1.53. The average Bonchev–Trinajstić information content (AvgIpc) is 3.41. The fourth-order valence-electron chi connectivity index (χ4n) is 4.93. The lowest BCUT2D eigenvalue weighted by molar-refractivity contribution is -0.133. The van der Waals surface area contributed by atoms with E-state index in [1.54, 1.807) is 0 Å². The molecule has 4 rings (SSSR count). The van der Waals surface area contributed by atoms with Crippen LogP contribution in [-0.2, 0) is 4.79 Å². The van der Waals surface area contributed by atoms with Crippen molar-refractivity contribution in [3.63, 3.8) is 0 Å². The first kappa shape index (κ1) is 17.3. The quantitative estimate of drug-likeness (QED) is 0.723. The number of carbonyl (C=O) groups excluding carboxylic acids is 1. The molecule has 1 aromatic heterocycles. The number of thioether (sulfide) groups is 1. The zero-order chi connectivity index (χ0) is 17.1. The van der Waals surface area contributed by atoms with Crippen LogP contribution in [0.3, 0.4) is 0 Å². The Morgan fingerprint density at radius 3 is 2.12 bits per heavy atom. The molecule has 0 aliphatic heterocycles. The molecule has 138 valence electrons. The van der Waals surface area contributed by atoms with Gasteiger partial charge in [0.15, 0.2) is 0 Å². The molecule has 0 atom stereocenters. The highest BCUT2D eigenvalue weighted by Gasteiger charge is 2.34. The van der Waals surface area contributed by atoms with Crippen LogP contribution in [0.15, 0.2) is 5.16 Å². The highest BCUT2D eigenvalue weighted by Crippen LogP contribution is 2.34. The summed E-state index contributed by atoms with van der Waals surface area (Å²) in [7, 11) is 0. The number of carbonyl (C=O) groups is 1. The highest BCUT2D eigenvalue weighted by molar-refractivity contribution is 7.99. The van der Waals surface area contributed by atoms with Crippen LogP contribution in [-0.4, -0.2) is 48.9 Å². The lowest BCUT2D eigenvalue weighted by Crippen LogP contribution is -2.46. The van der Waals surface area contributed by atoms with Crippen molar-refractivity contribution < 1.29 is 4.79 Å². The second-order valence-electron chi connectivity index (χ2n) is 7.81. The Kier molecular flexibility index (Phi) is 5.58. The molecule has 0 radical (unpaired) electrons. The topological polar surface area (TPSA) is 63.9 Å². The normalized spacial score (nSPS) is 22.9. The fraction of sp³-hybridized carbons (Fsp3) is 0.889. The number of hydrogen-bond donors (Lipinski definition) is 0. The first-order valence-electron chi connectivity index (χ1n) is 10.0. The van der Waals surface area contributed by atoms with E-state index in [1.165, 1.54) is 76.0 Å². The van der Waals surface area contributed by atoms with Gasteiger partial charge in [-0.25, -0.2) is 4.68 Å². The van der Waals surface area contributed by atoms with Gasteiger partial charge in [-0.3, -0.25) is 4.79 Å². The number of amides is 1. The first-order chi connectivity index (χ1) is 12.3. The zero-order valence-electron chi connectivity index (χ0n) is 15.0. The smallest absolute Gasteiger partial charge is 0.233 e. The number of tetrazole rings is 1. The van der Waals surface area contributed by atoms with Crippen LogP contribution in [0.1, 0.15) is 83.1 Å². The molecule has 0 unspecified atom stereocenters. The molecular weight excluding hydrogens is 334 g/mol. The SMILES string of the molecule is O=C(CSc1nnnn1C1CCCC1)N(C1CCCC1)C1CCCC1. The van der Waals surface area contributed by atoms with Crippen molar-refractivity contribution >= 4 is 17.7 Å². The van der Waals surface area contributed by atoms with E-state index in [4.69, 9.17) is 0 Å². The van der Waals surface area contributed by atoms with Crippen molar-refractivity contribution in [3.05, 3.63) is 0 Å². The molecule has 1 amide bonds. The average molecular weight is 364 g/mol. The summed E-state index contributed by atoms with van der Waals surface area (Å²) in [4.78, 5) is 15.3. The summed E-state index contributed by atoms with van der Waals surface area (Å²) in [6.45, 7) is 0. The molecule has 0 aromatic carbocycles. The van der Waals surface area contributed by atoms with Crippen LogP contribution in [0.2, 0.25) is 0 Å². The lowest BCUT2D eigenvalue weighted by atomic mass is 10.1. The minimum atomic E-state index is 0.296. The predicted octanol–water partition coefficient (Wildman–Crippen LogP) is 3.59. The largest absolute Gasteiger partial charge is 0.336 e. The standard InChI is InChI=1S/C18H29N5OS/c24-17(22(14-7-1-2-8-14)15-9-3-4-10-15)13-25-18-19-20-21-23(18)16-11-5-6-12-16/h14-16H,1-13H2. The molecule has 1 aromatic rings. The molecule has 0 N–H and O–H groups in total. The predicted molar refractivity (Wildman–Crippen MR) is 97.4 cm³/mol. The third-order valence-electron chi connectivity index (χ3n) is 6.18. The van der Waals surface area contributed by atoms with Crippen molar-refractivity contribution in [3.8, 4) is 0 Å². The maximum Gasteiger partial charge on any atom is 0.233 e. The summed E-state index contributed by atoms with van der Waals surface area (Å²) in [5, 5.41) is 13.0. The van der Waals surface area contributed by atoms with Gasteiger partial charge in [-0.2, -0.15) is 0 Å². The molecular formula is C18H29N5OS. The van der Waals surface area contributed by atoms with Crippen molar-refractivity contribution in [2.75, 3.05) is 5.75 Å². The second-order valence-corrected chi connectivity index (χ2v) is 8.75. The molecule has 3 aliphatic carbocycles. The van der Waals surface area contributed by atoms with Crippen LogP contribution in [0, 0.1) is 0 Å². The molecule has 1 heterocycles. The minimum Gasteiger partial charge on any atom is -0.336 e. The van der Waals surface area contributed by atoms with E-state index in [1.807, 2.05) is 4.68 Å². The Labute approximate surface area is 154 Å². The van der Waals surface area contributed by atoms with Crippen LogP contribution in [0.25, 0.3) is 0 Å². The van der Waals surface area contributed by atoms with E-state index in [2.05, 4.69) is 20.4 Å². The van der Waals surface area contributed by atoms with Crippen LogP contribution < -0.4 is 0 Å². The van der Waals surface area contributed by atoms with Gasteiger partial charge in [0.2, 0.25) is 11.1 Å². The summed E-state index contributed by atoms with van der Waals surface area (Å²) in [5.74, 6) is 0.768. The fourth-order valence-corrected chi connectivity index (χ4v) is 5.74. The van der Waals surface area contributed by atoms with Crippen molar-refractivity contribution in [1.29, 1.82) is 0 Å². The molecule has 3 aliphatic rings. The van der Waals surface area contributed by atoms with Gasteiger partial charge in [0.05, 0.1) is 11.8 Å². The molecule has 0 spiro atoms. The Morgan fingerprint density at radius 1 is 0.960 bits per heavy atom. The monoisotopic (exact) mass is 363 g/mol. The van der Waals surface area contributed by atoms with Crippen molar-refractivity contribution in [1.82, 2.24) is 25.1 Å². The van der Waals surface area contributed by atoms with E-state index in [0.29, 0.717) is 29.8 Å². The molecule has 7 heteroatoms. The molecule has 25 heavy (non-hydrogen) atoms. The van der Waals surface area contributed by atoms with Crippen LogP contribution in [0.5, 0.6) is 0 Å². The zero-order valence-corrected chi connectivity index (χ0v) is 15.8. The van der Waals surface area contributed by atoms with Gasteiger partial charge in [0.25, 0.3) is 0 Å². The van der Waals surface area contributed by atoms with Gasteiger partial charge in [-0.05, 0) is 49.0 Å². The number of aromatic nitrogens is 4. The van der Waals surface area contributed by atoms with Crippen molar-refractivity contribution in [2.24, 2.45) is 0 Å². The van der Waals surface area contributed by atoms with Gasteiger partial charge in [0.1, 0.15) is 0 Å². The molecule has 0 saturated heterocycles. The third kappa shape index (κ3) is 3.86. The summed E-state index contributed by atoms with van der Waals surface area (Å²) in [5.41, 5.74) is 0. The summed E-state index contributed by atoms with van der Waals surface area (Å²) in [6.07, 6.45) is 14.7. The molecule has 6 nitrogen and oxygen atoms in total. The Morgan fingerprint density at radius 2 is 1.52 bits per heavy atom. The second kappa shape index (κ2) is 8.06. The lowest BCUT2D eigenvalue weighted by Gasteiger charge is -2.34. The van der Waals surface area contributed by atoms with Gasteiger partial charge in [-0.1, -0.05) is 50.3 Å². The highest BCUT2D eigenvalue weighted by atomic mass is 32.2. The maximum absolute atomic E-state index is 13.1. The van der Waals surface area contributed by atoms with E-state index >= 15 is 0 Å². The van der Waals surface area contributed by atoms with E-state index < -0.39 is 0 Å². The summed E-state index contributed by atoms with van der Waals surface area (Å²) in [6, 6.07) is 1.37. The van der Waals surface area contributed by atoms with Gasteiger partial charge in [0, 0.05) is 12.1 Å².